The fraction of sp³-hybridized carbons (Fsp3) is 0.143. The Morgan fingerprint density at radius 3 is 2.32 bits per heavy atom. The van der Waals surface area contributed by atoms with Gasteiger partial charge in [0.15, 0.2) is 0 Å². The van der Waals surface area contributed by atoms with Crippen molar-refractivity contribution in [3.63, 3.8) is 0 Å². The Bertz CT molecular complexity index is 588. The molecule has 1 heterocycles. The second kappa shape index (κ2) is 5.43. The molecule has 19 heavy (non-hydrogen) atoms. The van der Waals surface area contributed by atoms with Gasteiger partial charge in [-0.25, -0.2) is 0 Å². The summed E-state index contributed by atoms with van der Waals surface area (Å²) >= 11 is 5.37. The molecule has 1 fully saturated rings. The Kier molecular flexibility index (Phi) is 3.67. The van der Waals surface area contributed by atoms with Crippen LogP contribution in [0.5, 0.6) is 5.75 Å². The van der Waals surface area contributed by atoms with Gasteiger partial charge in [0.25, 0.3) is 0 Å². The van der Waals surface area contributed by atoms with Crippen LogP contribution in [0.1, 0.15) is 11.7 Å². The van der Waals surface area contributed by atoms with Crippen LogP contribution in [0.4, 0.5) is 0 Å². The molecule has 0 saturated carbocycles. The number of benzene rings is 2. The lowest BCUT2D eigenvalue weighted by atomic mass is 10.1. The fourth-order valence-corrected chi connectivity index (χ4v) is 3.96. The Balaban J connectivity index is 1.73. The second-order valence-corrected chi connectivity index (χ2v) is 7.04. The van der Waals surface area contributed by atoms with Gasteiger partial charge in [-0.05, 0) is 17.7 Å². The summed E-state index contributed by atoms with van der Waals surface area (Å²) in [4.78, 5) is 0. The first-order chi connectivity index (χ1) is 9.25. The van der Waals surface area contributed by atoms with Crippen molar-refractivity contribution in [1.29, 1.82) is 0 Å². The van der Waals surface area contributed by atoms with Gasteiger partial charge in [-0.2, -0.15) is 0 Å². The Hall–Kier alpha value is -1.19. The maximum absolute atomic E-state index is 5.82. The maximum atomic E-state index is 5.82. The van der Waals surface area contributed by atoms with E-state index in [4.69, 9.17) is 25.4 Å². The van der Waals surface area contributed by atoms with Crippen LogP contribution < -0.4 is 4.52 Å². The van der Waals surface area contributed by atoms with E-state index in [0.717, 1.165) is 5.56 Å². The van der Waals surface area contributed by atoms with Gasteiger partial charge < -0.3 is 4.52 Å². The molecule has 1 aliphatic rings. The highest BCUT2D eigenvalue weighted by atomic mass is 32.5. The van der Waals surface area contributed by atoms with Crippen molar-refractivity contribution in [2.24, 2.45) is 0 Å². The summed E-state index contributed by atoms with van der Waals surface area (Å²) in [6, 6.07) is 19.3. The number of hydrogen-bond acceptors (Lipinski definition) is 4. The lowest BCUT2D eigenvalue weighted by Crippen LogP contribution is -1.98. The number of para-hydroxylation sites is 1. The zero-order valence-corrected chi connectivity index (χ0v) is 11.8. The minimum Gasteiger partial charge on any atom is -0.424 e. The van der Waals surface area contributed by atoms with Crippen LogP contribution in [-0.4, -0.2) is 6.61 Å². The third kappa shape index (κ3) is 3.04. The summed E-state index contributed by atoms with van der Waals surface area (Å²) in [5, 5.41) is 0. The summed E-state index contributed by atoms with van der Waals surface area (Å²) in [6.45, 7) is -2.24. The Labute approximate surface area is 117 Å². The highest BCUT2D eigenvalue weighted by Gasteiger charge is 2.36. The fourth-order valence-electron chi connectivity index (χ4n) is 1.86. The van der Waals surface area contributed by atoms with Crippen molar-refractivity contribution in [3.05, 3.63) is 66.2 Å². The quantitative estimate of drug-likeness (QED) is 0.797. The first kappa shape index (κ1) is 12.8. The third-order valence-electron chi connectivity index (χ3n) is 2.77. The molecule has 2 unspecified atom stereocenters. The largest absolute Gasteiger partial charge is 0.424 e. The van der Waals surface area contributed by atoms with E-state index in [0.29, 0.717) is 12.4 Å². The minimum absolute atomic E-state index is 0.143. The standard InChI is InChI=1S/C14H13O3PS/c19-18(16-13-9-5-2-6-10-13)15-11-14(17-18)12-7-3-1-4-8-12/h1-10,14H,11H2. The first-order valence-electron chi connectivity index (χ1n) is 5.98. The Morgan fingerprint density at radius 1 is 1.00 bits per heavy atom. The van der Waals surface area contributed by atoms with Gasteiger partial charge in [0.2, 0.25) is 0 Å². The molecule has 0 bridgehead atoms. The maximum Gasteiger partial charge on any atom is 0.381 e. The average molecular weight is 292 g/mol. The van der Waals surface area contributed by atoms with Crippen molar-refractivity contribution in [2.45, 2.75) is 6.10 Å². The zero-order valence-electron chi connectivity index (χ0n) is 10.1. The van der Waals surface area contributed by atoms with E-state index in [-0.39, 0.29) is 6.10 Å². The molecule has 0 spiro atoms. The van der Waals surface area contributed by atoms with Gasteiger partial charge in [-0.1, -0.05) is 48.5 Å². The molecule has 2 aromatic carbocycles. The molecule has 2 atom stereocenters. The van der Waals surface area contributed by atoms with Crippen LogP contribution in [0.2, 0.25) is 0 Å². The van der Waals surface area contributed by atoms with E-state index < -0.39 is 6.72 Å². The van der Waals surface area contributed by atoms with Crippen molar-refractivity contribution < 1.29 is 13.6 Å². The van der Waals surface area contributed by atoms with Gasteiger partial charge >= 0.3 is 6.72 Å². The highest BCUT2D eigenvalue weighted by Crippen LogP contribution is 2.58. The molecule has 3 rings (SSSR count). The van der Waals surface area contributed by atoms with E-state index in [1.165, 1.54) is 0 Å². The van der Waals surface area contributed by atoms with E-state index in [9.17, 15) is 0 Å². The van der Waals surface area contributed by atoms with Gasteiger partial charge in [0.1, 0.15) is 11.9 Å². The van der Waals surface area contributed by atoms with Gasteiger partial charge in [0, 0.05) is 11.8 Å². The predicted molar refractivity (Wildman–Crippen MR) is 77.6 cm³/mol. The normalized spacial score (nSPS) is 26.2. The van der Waals surface area contributed by atoms with Crippen molar-refractivity contribution in [2.75, 3.05) is 6.61 Å². The van der Waals surface area contributed by atoms with Crippen LogP contribution in [-0.2, 0) is 20.9 Å². The number of hydrogen-bond donors (Lipinski definition) is 0. The first-order valence-corrected chi connectivity index (χ1v) is 8.53. The van der Waals surface area contributed by atoms with E-state index >= 15 is 0 Å². The summed E-state index contributed by atoms with van der Waals surface area (Å²) in [6.07, 6.45) is -0.143. The van der Waals surface area contributed by atoms with Gasteiger partial charge in [-0.3, -0.25) is 9.05 Å². The molecule has 1 saturated heterocycles. The lowest BCUT2D eigenvalue weighted by Gasteiger charge is -2.15. The van der Waals surface area contributed by atoms with Crippen LogP contribution in [0.25, 0.3) is 0 Å². The van der Waals surface area contributed by atoms with Crippen molar-refractivity contribution in [3.8, 4) is 5.75 Å². The van der Waals surface area contributed by atoms with Crippen LogP contribution in [0, 0.1) is 0 Å². The lowest BCUT2D eigenvalue weighted by molar-refractivity contribution is 0.240. The van der Waals surface area contributed by atoms with Crippen molar-refractivity contribution in [1.82, 2.24) is 0 Å². The molecule has 3 nitrogen and oxygen atoms in total. The molecule has 5 heteroatoms. The smallest absolute Gasteiger partial charge is 0.381 e. The molecule has 0 aromatic heterocycles. The van der Waals surface area contributed by atoms with E-state index in [1.807, 2.05) is 60.7 Å². The Morgan fingerprint density at radius 2 is 1.63 bits per heavy atom. The van der Waals surface area contributed by atoms with Crippen LogP contribution in [0.3, 0.4) is 0 Å². The highest BCUT2D eigenvalue weighted by molar-refractivity contribution is 8.07. The monoisotopic (exact) mass is 292 g/mol. The third-order valence-corrected chi connectivity index (χ3v) is 4.98. The molecule has 0 radical (unpaired) electrons. The number of rotatable bonds is 3. The summed E-state index contributed by atoms with van der Waals surface area (Å²) < 4.78 is 17.1. The molecule has 2 aromatic rings. The molecule has 98 valence electrons. The average Bonchev–Trinajstić information content (AvgIpc) is 2.83. The zero-order chi connectivity index (χ0) is 13.1. The molecular weight excluding hydrogens is 279 g/mol. The minimum atomic E-state index is -2.68. The van der Waals surface area contributed by atoms with E-state index in [1.54, 1.807) is 0 Å². The van der Waals surface area contributed by atoms with Crippen LogP contribution in [0.15, 0.2) is 60.7 Å². The van der Waals surface area contributed by atoms with Gasteiger partial charge in [-0.15, -0.1) is 0 Å². The van der Waals surface area contributed by atoms with Crippen LogP contribution >= 0.6 is 6.72 Å². The topological polar surface area (TPSA) is 27.7 Å². The summed E-state index contributed by atoms with van der Waals surface area (Å²) in [5.41, 5.74) is 1.06. The molecule has 0 N–H and O–H groups in total. The SMILES string of the molecule is S=P1(Oc2ccccc2)OCC(c2ccccc2)O1. The summed E-state index contributed by atoms with van der Waals surface area (Å²) in [5.74, 6) is 0.680. The van der Waals surface area contributed by atoms with Crippen molar-refractivity contribution >= 4 is 18.5 Å². The molecule has 0 aliphatic carbocycles. The molecule has 0 amide bonds. The summed E-state index contributed by atoms with van der Waals surface area (Å²) in [7, 11) is 0. The second-order valence-electron chi connectivity index (χ2n) is 4.15. The molecule has 1 aliphatic heterocycles. The van der Waals surface area contributed by atoms with Gasteiger partial charge in [0.05, 0.1) is 6.61 Å². The van der Waals surface area contributed by atoms with E-state index in [2.05, 4.69) is 0 Å². The predicted octanol–water partition coefficient (Wildman–Crippen LogP) is 4.08. The molecular formula is C14H13O3PS.